The smallest absolute Gasteiger partial charge is 0.326 e. The molecule has 10 N–H and O–H groups in total. The largest absolute Gasteiger partial charge is 0.481 e. The number of hydrogen-bond acceptors (Lipinski definition) is 8. The van der Waals surface area contributed by atoms with E-state index in [0.717, 1.165) is 0 Å². The van der Waals surface area contributed by atoms with Crippen LogP contribution in [-0.4, -0.2) is 81.0 Å². The molecule has 15 heteroatoms. The second-order valence-electron chi connectivity index (χ2n) is 7.68. The van der Waals surface area contributed by atoms with E-state index in [1.54, 1.807) is 30.3 Å². The summed E-state index contributed by atoms with van der Waals surface area (Å²) in [7, 11) is 0. The number of carbonyl (C=O) groups excluding carboxylic acids is 4. The third-order valence-electron chi connectivity index (χ3n) is 4.68. The zero-order chi connectivity index (χ0) is 27.4. The van der Waals surface area contributed by atoms with E-state index in [4.69, 9.17) is 21.7 Å². The number of carboxylic acids is 3. The van der Waals surface area contributed by atoms with Crippen molar-refractivity contribution in [2.45, 2.75) is 49.9 Å². The number of primary amides is 1. The maximum atomic E-state index is 12.8. The summed E-state index contributed by atoms with van der Waals surface area (Å²) in [4.78, 5) is 82.3. The van der Waals surface area contributed by atoms with Crippen molar-refractivity contribution in [2.24, 2.45) is 11.5 Å². The molecule has 0 bridgehead atoms. The van der Waals surface area contributed by atoms with Crippen LogP contribution in [0.25, 0.3) is 0 Å². The standard InChI is InChI=1S/C21H27N5O10/c22-11(7-15(23)27)18(32)24-13(8-16(28)29)20(34)25-12(6-10-4-2-1-3-5-10)19(33)26-14(21(35)36)9-17(30)31/h1-5,11-14H,6-9,22H2,(H2,23,27)(H,24,32)(H,25,34)(H,26,33)(H,28,29)(H,30,31)(H,35,36). The summed E-state index contributed by atoms with van der Waals surface area (Å²) in [5.41, 5.74) is 11.0. The van der Waals surface area contributed by atoms with Crippen LogP contribution in [0.15, 0.2) is 30.3 Å². The molecule has 1 rings (SSSR count). The average Bonchev–Trinajstić information content (AvgIpc) is 2.77. The highest BCUT2D eigenvalue weighted by molar-refractivity contribution is 5.96. The zero-order valence-electron chi connectivity index (χ0n) is 18.9. The molecular formula is C21H27N5O10. The first kappa shape index (κ1) is 29.5. The molecule has 0 aliphatic heterocycles. The van der Waals surface area contributed by atoms with Gasteiger partial charge in [0.25, 0.3) is 0 Å². The number of aliphatic carboxylic acids is 3. The monoisotopic (exact) mass is 509 g/mol. The van der Waals surface area contributed by atoms with Crippen LogP contribution < -0.4 is 27.4 Å². The van der Waals surface area contributed by atoms with Gasteiger partial charge in [-0.2, -0.15) is 0 Å². The quantitative estimate of drug-likeness (QED) is 0.117. The van der Waals surface area contributed by atoms with Crippen molar-refractivity contribution in [3.8, 4) is 0 Å². The van der Waals surface area contributed by atoms with Gasteiger partial charge in [-0.3, -0.25) is 28.8 Å². The summed E-state index contributed by atoms with van der Waals surface area (Å²) in [6, 6.07) is 1.63. The second-order valence-corrected chi connectivity index (χ2v) is 7.68. The van der Waals surface area contributed by atoms with E-state index in [9.17, 15) is 38.7 Å². The van der Waals surface area contributed by atoms with E-state index in [0.29, 0.717) is 5.56 Å². The normalized spacial score (nSPS) is 13.8. The second kappa shape index (κ2) is 14.0. The molecule has 0 saturated heterocycles. The van der Waals surface area contributed by atoms with Gasteiger partial charge in [0.05, 0.1) is 25.3 Å². The molecule has 1 aromatic rings. The fraction of sp³-hybridized carbons (Fsp3) is 0.381. The lowest BCUT2D eigenvalue weighted by molar-refractivity contribution is -0.147. The van der Waals surface area contributed by atoms with Gasteiger partial charge in [-0.05, 0) is 5.56 Å². The summed E-state index contributed by atoms with van der Waals surface area (Å²) in [6.07, 6.45) is -2.63. The molecule has 196 valence electrons. The molecule has 4 amide bonds. The number of nitrogens with two attached hydrogens (primary N) is 2. The van der Waals surface area contributed by atoms with Crippen molar-refractivity contribution in [3.63, 3.8) is 0 Å². The number of nitrogens with one attached hydrogen (secondary N) is 3. The molecule has 0 radical (unpaired) electrons. The Hall–Kier alpha value is -4.53. The number of rotatable bonds is 15. The lowest BCUT2D eigenvalue weighted by atomic mass is 10.0. The van der Waals surface area contributed by atoms with Gasteiger partial charge < -0.3 is 42.7 Å². The van der Waals surface area contributed by atoms with Crippen molar-refractivity contribution < 1.29 is 48.9 Å². The van der Waals surface area contributed by atoms with Gasteiger partial charge in [0.2, 0.25) is 23.6 Å². The Bertz CT molecular complexity index is 1000. The first-order valence-corrected chi connectivity index (χ1v) is 10.5. The van der Waals surface area contributed by atoms with Crippen molar-refractivity contribution in [1.82, 2.24) is 16.0 Å². The molecular weight excluding hydrogens is 482 g/mol. The Morgan fingerprint density at radius 2 is 1.17 bits per heavy atom. The van der Waals surface area contributed by atoms with Crippen LogP contribution in [-0.2, 0) is 40.0 Å². The minimum absolute atomic E-state index is 0.188. The highest BCUT2D eigenvalue weighted by Crippen LogP contribution is 2.06. The third-order valence-corrected chi connectivity index (χ3v) is 4.68. The first-order valence-electron chi connectivity index (χ1n) is 10.5. The van der Waals surface area contributed by atoms with E-state index in [1.807, 2.05) is 5.32 Å². The van der Waals surface area contributed by atoms with Gasteiger partial charge in [-0.15, -0.1) is 0 Å². The SMILES string of the molecule is NC(=O)CC(N)C(=O)NC(CC(=O)O)C(=O)NC(Cc1ccccc1)C(=O)NC(CC(=O)O)C(=O)O. The van der Waals surface area contributed by atoms with Gasteiger partial charge in [0.1, 0.15) is 18.1 Å². The fourth-order valence-electron chi connectivity index (χ4n) is 2.95. The molecule has 0 aliphatic rings. The Morgan fingerprint density at radius 3 is 1.67 bits per heavy atom. The molecule has 0 heterocycles. The number of amides is 4. The predicted octanol–water partition coefficient (Wildman–Crippen LogP) is -3.08. The summed E-state index contributed by atoms with van der Waals surface area (Å²) in [5.74, 6) is -8.77. The van der Waals surface area contributed by atoms with Gasteiger partial charge in [-0.25, -0.2) is 4.79 Å². The van der Waals surface area contributed by atoms with E-state index < -0.39 is 85.0 Å². The van der Waals surface area contributed by atoms with E-state index in [-0.39, 0.29) is 6.42 Å². The first-order chi connectivity index (χ1) is 16.8. The van der Waals surface area contributed by atoms with Crippen LogP contribution in [0, 0.1) is 0 Å². The molecule has 0 saturated carbocycles. The summed E-state index contributed by atoms with van der Waals surface area (Å²) in [6.45, 7) is 0. The highest BCUT2D eigenvalue weighted by atomic mass is 16.4. The van der Waals surface area contributed by atoms with Crippen molar-refractivity contribution in [2.75, 3.05) is 0 Å². The molecule has 0 spiro atoms. The van der Waals surface area contributed by atoms with Crippen molar-refractivity contribution in [3.05, 3.63) is 35.9 Å². The molecule has 4 unspecified atom stereocenters. The maximum Gasteiger partial charge on any atom is 0.326 e. The van der Waals surface area contributed by atoms with Crippen LogP contribution in [0.4, 0.5) is 0 Å². The molecule has 0 fully saturated rings. The van der Waals surface area contributed by atoms with Crippen LogP contribution in [0.5, 0.6) is 0 Å². The predicted molar refractivity (Wildman–Crippen MR) is 120 cm³/mol. The summed E-state index contributed by atoms with van der Waals surface area (Å²) in [5, 5.41) is 33.6. The molecule has 4 atom stereocenters. The van der Waals surface area contributed by atoms with Crippen molar-refractivity contribution >= 4 is 41.5 Å². The minimum atomic E-state index is -1.81. The highest BCUT2D eigenvalue weighted by Gasteiger charge is 2.32. The minimum Gasteiger partial charge on any atom is -0.481 e. The molecule has 36 heavy (non-hydrogen) atoms. The molecule has 15 nitrogen and oxygen atoms in total. The van der Waals surface area contributed by atoms with Gasteiger partial charge in [-0.1, -0.05) is 30.3 Å². The summed E-state index contributed by atoms with van der Waals surface area (Å²) >= 11 is 0. The van der Waals surface area contributed by atoms with E-state index in [2.05, 4.69) is 10.6 Å². The van der Waals surface area contributed by atoms with Gasteiger partial charge >= 0.3 is 17.9 Å². The molecule has 1 aromatic carbocycles. The van der Waals surface area contributed by atoms with Crippen LogP contribution in [0.3, 0.4) is 0 Å². The molecule has 0 aliphatic carbocycles. The van der Waals surface area contributed by atoms with E-state index >= 15 is 0 Å². The maximum absolute atomic E-state index is 12.8. The fourth-order valence-corrected chi connectivity index (χ4v) is 2.95. The van der Waals surface area contributed by atoms with Gasteiger partial charge in [0, 0.05) is 6.42 Å². The lowest BCUT2D eigenvalue weighted by Crippen LogP contribution is -2.58. The zero-order valence-corrected chi connectivity index (χ0v) is 18.9. The topological polar surface area (TPSA) is 268 Å². The van der Waals surface area contributed by atoms with Crippen molar-refractivity contribution in [1.29, 1.82) is 0 Å². The number of hydrogen-bond donors (Lipinski definition) is 8. The van der Waals surface area contributed by atoms with Crippen LogP contribution in [0.2, 0.25) is 0 Å². The number of carboxylic acid groups (broad SMARTS) is 3. The van der Waals surface area contributed by atoms with Crippen LogP contribution >= 0.6 is 0 Å². The Labute approximate surface area is 204 Å². The number of carbonyl (C=O) groups is 7. The third kappa shape index (κ3) is 10.6. The Kier molecular flexibility index (Phi) is 11.5. The summed E-state index contributed by atoms with van der Waals surface area (Å²) < 4.78 is 0. The number of benzene rings is 1. The van der Waals surface area contributed by atoms with E-state index in [1.165, 1.54) is 0 Å². The Morgan fingerprint density at radius 1 is 0.694 bits per heavy atom. The van der Waals surface area contributed by atoms with Crippen LogP contribution in [0.1, 0.15) is 24.8 Å². The Balaban J connectivity index is 3.14. The molecule has 0 aromatic heterocycles. The van der Waals surface area contributed by atoms with Gasteiger partial charge in [0.15, 0.2) is 0 Å². The average molecular weight is 509 g/mol. The lowest BCUT2D eigenvalue weighted by Gasteiger charge is -2.24.